The molecular weight excluding hydrogens is 284 g/mol. The van der Waals surface area contributed by atoms with E-state index in [2.05, 4.69) is 10.3 Å². The number of aromatic nitrogens is 1. The molecule has 1 unspecified atom stereocenters. The van der Waals surface area contributed by atoms with Crippen molar-refractivity contribution in [2.24, 2.45) is 0 Å². The molecule has 1 atom stereocenters. The fourth-order valence-electron chi connectivity index (χ4n) is 1.99. The minimum atomic E-state index is -1.18. The van der Waals surface area contributed by atoms with Gasteiger partial charge in [-0.1, -0.05) is 12.1 Å². The summed E-state index contributed by atoms with van der Waals surface area (Å²) in [4.78, 5) is 27.4. The third kappa shape index (κ3) is 3.94. The van der Waals surface area contributed by atoms with Crippen molar-refractivity contribution in [3.63, 3.8) is 0 Å². The van der Waals surface area contributed by atoms with Gasteiger partial charge in [0.15, 0.2) is 6.04 Å². The fourth-order valence-corrected chi connectivity index (χ4v) is 1.99. The molecule has 2 rings (SSSR count). The number of carbonyl (C=O) groups is 2. The van der Waals surface area contributed by atoms with Crippen molar-refractivity contribution >= 4 is 23.0 Å². The number of aliphatic carboxylic acids is 1. The molecular formula is C16H18N2O4. The van der Waals surface area contributed by atoms with Crippen molar-refractivity contribution < 1.29 is 19.4 Å². The van der Waals surface area contributed by atoms with Crippen molar-refractivity contribution in [3.05, 3.63) is 42.1 Å². The van der Waals surface area contributed by atoms with Gasteiger partial charge < -0.3 is 15.2 Å². The fraction of sp³-hybridized carbons (Fsp3) is 0.312. The second-order valence-corrected chi connectivity index (χ2v) is 5.87. The summed E-state index contributed by atoms with van der Waals surface area (Å²) < 4.78 is 5.10. The first-order valence-corrected chi connectivity index (χ1v) is 6.83. The average molecular weight is 302 g/mol. The van der Waals surface area contributed by atoms with E-state index >= 15 is 0 Å². The Balaban J connectivity index is 2.26. The van der Waals surface area contributed by atoms with Crippen LogP contribution in [-0.2, 0) is 9.53 Å². The standard InChI is InChI=1S/C16H18N2O4/c1-16(2,3)22-15(21)18-13(14(19)20)11-6-7-12-10(9-11)5-4-8-17-12/h4-9,13H,1-3H3,(H,18,21)(H,19,20). The van der Waals surface area contributed by atoms with E-state index in [9.17, 15) is 14.7 Å². The molecule has 2 aromatic rings. The highest BCUT2D eigenvalue weighted by molar-refractivity contribution is 5.85. The number of nitrogens with one attached hydrogen (secondary N) is 1. The maximum atomic E-state index is 11.8. The summed E-state index contributed by atoms with van der Waals surface area (Å²) >= 11 is 0. The van der Waals surface area contributed by atoms with Gasteiger partial charge in [-0.25, -0.2) is 9.59 Å². The second kappa shape index (κ2) is 6.01. The van der Waals surface area contributed by atoms with E-state index in [0.29, 0.717) is 5.56 Å². The Labute approximate surface area is 128 Å². The quantitative estimate of drug-likeness (QED) is 0.910. The summed E-state index contributed by atoms with van der Waals surface area (Å²) in [6.45, 7) is 5.14. The maximum Gasteiger partial charge on any atom is 0.408 e. The van der Waals surface area contributed by atoms with Crippen molar-refractivity contribution in [1.29, 1.82) is 0 Å². The lowest BCUT2D eigenvalue weighted by atomic mass is 10.0. The Kier molecular flexibility index (Phi) is 4.30. The lowest BCUT2D eigenvalue weighted by Gasteiger charge is -2.22. The number of hydrogen-bond donors (Lipinski definition) is 2. The van der Waals surface area contributed by atoms with Gasteiger partial charge in [-0.15, -0.1) is 0 Å². The molecule has 116 valence electrons. The number of pyridine rings is 1. The predicted molar refractivity (Wildman–Crippen MR) is 81.5 cm³/mol. The largest absolute Gasteiger partial charge is 0.479 e. The highest BCUT2D eigenvalue weighted by Gasteiger charge is 2.25. The molecule has 0 aliphatic heterocycles. The number of fused-ring (bicyclic) bond motifs is 1. The molecule has 1 aromatic heterocycles. The van der Waals surface area contributed by atoms with E-state index in [-0.39, 0.29) is 0 Å². The van der Waals surface area contributed by atoms with Gasteiger partial charge in [0.05, 0.1) is 5.52 Å². The van der Waals surface area contributed by atoms with Crippen LogP contribution in [0.1, 0.15) is 32.4 Å². The Hall–Kier alpha value is -2.63. The van der Waals surface area contributed by atoms with Gasteiger partial charge in [-0.2, -0.15) is 0 Å². The number of amides is 1. The summed E-state index contributed by atoms with van der Waals surface area (Å²) in [5.41, 5.74) is 0.520. The monoisotopic (exact) mass is 302 g/mol. The minimum Gasteiger partial charge on any atom is -0.479 e. The molecule has 0 saturated carbocycles. The molecule has 0 aliphatic carbocycles. The van der Waals surface area contributed by atoms with Gasteiger partial charge in [0.2, 0.25) is 0 Å². The van der Waals surface area contributed by atoms with Crippen LogP contribution in [0.15, 0.2) is 36.5 Å². The summed E-state index contributed by atoms with van der Waals surface area (Å²) in [5, 5.41) is 12.5. The number of carbonyl (C=O) groups excluding carboxylic acids is 1. The molecule has 0 aliphatic rings. The molecule has 0 radical (unpaired) electrons. The molecule has 0 fully saturated rings. The number of rotatable bonds is 3. The molecule has 1 aromatic carbocycles. The van der Waals surface area contributed by atoms with Crippen LogP contribution in [0.3, 0.4) is 0 Å². The SMILES string of the molecule is CC(C)(C)OC(=O)NC(C(=O)O)c1ccc2ncccc2c1. The third-order valence-electron chi connectivity index (χ3n) is 2.87. The van der Waals surface area contributed by atoms with Crippen molar-refractivity contribution in [1.82, 2.24) is 10.3 Å². The molecule has 0 bridgehead atoms. The molecule has 6 heteroatoms. The molecule has 0 spiro atoms. The third-order valence-corrected chi connectivity index (χ3v) is 2.87. The van der Waals surface area contributed by atoms with E-state index in [4.69, 9.17) is 4.74 Å². The van der Waals surface area contributed by atoms with E-state index in [1.165, 1.54) is 0 Å². The first kappa shape index (κ1) is 15.8. The van der Waals surface area contributed by atoms with Gasteiger partial charge in [0, 0.05) is 11.6 Å². The summed E-state index contributed by atoms with van der Waals surface area (Å²) in [5.74, 6) is -1.16. The van der Waals surface area contributed by atoms with Crippen LogP contribution < -0.4 is 5.32 Å². The zero-order chi connectivity index (χ0) is 16.3. The Morgan fingerprint density at radius 3 is 2.64 bits per heavy atom. The predicted octanol–water partition coefficient (Wildman–Crippen LogP) is 2.89. The van der Waals surface area contributed by atoms with Crippen LogP contribution in [0.5, 0.6) is 0 Å². The van der Waals surface area contributed by atoms with Crippen molar-refractivity contribution in [3.8, 4) is 0 Å². The minimum absolute atomic E-state index is 0.457. The number of ether oxygens (including phenoxy) is 1. The van der Waals surface area contributed by atoms with Gasteiger partial charge >= 0.3 is 12.1 Å². The summed E-state index contributed by atoms with van der Waals surface area (Å²) in [6, 6.07) is 7.46. The van der Waals surface area contributed by atoms with E-state index in [1.54, 1.807) is 51.2 Å². The van der Waals surface area contributed by atoms with Crippen LogP contribution >= 0.6 is 0 Å². The topological polar surface area (TPSA) is 88.5 Å². The van der Waals surface area contributed by atoms with E-state index < -0.39 is 23.7 Å². The first-order valence-electron chi connectivity index (χ1n) is 6.83. The smallest absolute Gasteiger partial charge is 0.408 e. The lowest BCUT2D eigenvalue weighted by molar-refractivity contribution is -0.139. The Morgan fingerprint density at radius 2 is 2.00 bits per heavy atom. The maximum absolute atomic E-state index is 11.8. The summed E-state index contributed by atoms with van der Waals surface area (Å²) in [7, 11) is 0. The van der Waals surface area contributed by atoms with Gasteiger partial charge in [-0.05, 0) is 44.5 Å². The lowest BCUT2D eigenvalue weighted by Crippen LogP contribution is -2.38. The Bertz CT molecular complexity index is 707. The molecule has 1 heterocycles. The number of carboxylic acid groups (broad SMARTS) is 1. The van der Waals surface area contributed by atoms with Gasteiger partial charge in [0.1, 0.15) is 5.60 Å². The number of alkyl carbamates (subject to hydrolysis) is 1. The van der Waals surface area contributed by atoms with Gasteiger partial charge in [-0.3, -0.25) is 4.98 Å². The summed E-state index contributed by atoms with van der Waals surface area (Å²) in [6.07, 6.45) is 0.890. The van der Waals surface area contributed by atoms with Gasteiger partial charge in [0.25, 0.3) is 0 Å². The molecule has 6 nitrogen and oxygen atoms in total. The number of benzene rings is 1. The zero-order valence-corrected chi connectivity index (χ0v) is 12.7. The van der Waals surface area contributed by atoms with Crippen LogP contribution in [0.25, 0.3) is 10.9 Å². The zero-order valence-electron chi connectivity index (χ0n) is 12.7. The van der Waals surface area contributed by atoms with E-state index in [0.717, 1.165) is 10.9 Å². The highest BCUT2D eigenvalue weighted by Crippen LogP contribution is 2.20. The number of nitrogens with zero attached hydrogens (tertiary/aromatic N) is 1. The van der Waals surface area contributed by atoms with Crippen LogP contribution in [0.2, 0.25) is 0 Å². The molecule has 22 heavy (non-hydrogen) atoms. The normalized spacial score (nSPS) is 12.7. The second-order valence-electron chi connectivity index (χ2n) is 5.87. The molecule has 1 amide bonds. The van der Waals surface area contributed by atoms with Crippen LogP contribution in [-0.4, -0.2) is 27.8 Å². The molecule has 0 saturated heterocycles. The average Bonchev–Trinajstić information content (AvgIpc) is 2.42. The first-order chi connectivity index (χ1) is 10.3. The molecule has 2 N–H and O–H groups in total. The van der Waals surface area contributed by atoms with Crippen LogP contribution in [0, 0.1) is 0 Å². The highest BCUT2D eigenvalue weighted by atomic mass is 16.6. The van der Waals surface area contributed by atoms with Crippen molar-refractivity contribution in [2.45, 2.75) is 32.4 Å². The van der Waals surface area contributed by atoms with Crippen molar-refractivity contribution in [2.75, 3.05) is 0 Å². The van der Waals surface area contributed by atoms with Crippen LogP contribution in [0.4, 0.5) is 4.79 Å². The Morgan fingerprint density at radius 1 is 1.27 bits per heavy atom. The van der Waals surface area contributed by atoms with E-state index in [1.807, 2.05) is 6.07 Å². The number of carboxylic acids is 1. The number of hydrogen-bond acceptors (Lipinski definition) is 4.